The third-order valence-electron chi connectivity index (χ3n) is 2.57. The Morgan fingerprint density at radius 3 is 3.31 bits per heavy atom. The van der Waals surface area contributed by atoms with Crippen LogP contribution in [0.4, 0.5) is 0 Å². The van der Waals surface area contributed by atoms with Crippen molar-refractivity contribution in [2.45, 2.75) is 32.3 Å². The van der Waals surface area contributed by atoms with Crippen LogP contribution in [0.2, 0.25) is 0 Å². The van der Waals surface area contributed by atoms with E-state index in [0.29, 0.717) is 12.3 Å². The lowest BCUT2D eigenvalue weighted by atomic mass is 10.0. The highest BCUT2D eigenvalue weighted by Gasteiger charge is 2.41. The summed E-state index contributed by atoms with van der Waals surface area (Å²) in [4.78, 5) is 16.5. The Labute approximate surface area is 76.9 Å². The number of oxime groups is 1. The first-order chi connectivity index (χ1) is 6.33. The summed E-state index contributed by atoms with van der Waals surface area (Å²) < 4.78 is 4.88. The van der Waals surface area contributed by atoms with Crippen LogP contribution in [0.5, 0.6) is 0 Å². The van der Waals surface area contributed by atoms with Gasteiger partial charge in [-0.1, -0.05) is 5.16 Å². The SMILES string of the molecule is CCOC(=O)C1=NO[C@H]2CCC[C@@H]12. The molecule has 1 heterocycles. The molecule has 1 fully saturated rings. The highest BCUT2D eigenvalue weighted by molar-refractivity contribution is 6.37. The maximum atomic E-state index is 11.4. The minimum atomic E-state index is -0.308. The fourth-order valence-corrected chi connectivity index (χ4v) is 1.95. The van der Waals surface area contributed by atoms with Crippen LogP contribution in [-0.4, -0.2) is 24.4 Å². The van der Waals surface area contributed by atoms with E-state index in [1.165, 1.54) is 0 Å². The molecular weight excluding hydrogens is 170 g/mol. The first kappa shape index (κ1) is 8.53. The van der Waals surface area contributed by atoms with Crippen LogP contribution < -0.4 is 0 Å². The molecule has 1 aliphatic carbocycles. The van der Waals surface area contributed by atoms with E-state index in [0.717, 1.165) is 19.3 Å². The Hall–Kier alpha value is -1.06. The molecule has 0 aromatic rings. The van der Waals surface area contributed by atoms with Gasteiger partial charge in [-0.15, -0.1) is 0 Å². The number of rotatable bonds is 2. The largest absolute Gasteiger partial charge is 0.461 e. The van der Waals surface area contributed by atoms with E-state index < -0.39 is 0 Å². The number of carbonyl (C=O) groups is 1. The minimum absolute atomic E-state index is 0.138. The molecule has 0 bridgehead atoms. The monoisotopic (exact) mass is 183 g/mol. The van der Waals surface area contributed by atoms with Gasteiger partial charge in [0.2, 0.25) is 0 Å². The van der Waals surface area contributed by atoms with Crippen LogP contribution in [0.1, 0.15) is 26.2 Å². The average molecular weight is 183 g/mol. The fourth-order valence-electron chi connectivity index (χ4n) is 1.95. The van der Waals surface area contributed by atoms with Crippen LogP contribution in [-0.2, 0) is 14.4 Å². The zero-order chi connectivity index (χ0) is 9.26. The number of nitrogens with zero attached hydrogens (tertiary/aromatic N) is 1. The maximum Gasteiger partial charge on any atom is 0.356 e. The molecule has 0 aromatic heterocycles. The van der Waals surface area contributed by atoms with Crippen molar-refractivity contribution < 1.29 is 14.4 Å². The molecule has 13 heavy (non-hydrogen) atoms. The molecule has 0 radical (unpaired) electrons. The predicted octanol–water partition coefficient (Wildman–Crippen LogP) is 1.10. The number of hydrogen-bond donors (Lipinski definition) is 0. The molecule has 0 aromatic carbocycles. The van der Waals surface area contributed by atoms with Crippen molar-refractivity contribution in [2.24, 2.45) is 11.1 Å². The second-order valence-electron chi connectivity index (χ2n) is 3.38. The van der Waals surface area contributed by atoms with Gasteiger partial charge in [-0.2, -0.15) is 0 Å². The van der Waals surface area contributed by atoms with Gasteiger partial charge in [0.1, 0.15) is 6.10 Å². The smallest absolute Gasteiger partial charge is 0.356 e. The van der Waals surface area contributed by atoms with Gasteiger partial charge >= 0.3 is 5.97 Å². The van der Waals surface area contributed by atoms with Gasteiger partial charge in [0, 0.05) is 0 Å². The van der Waals surface area contributed by atoms with Crippen LogP contribution >= 0.6 is 0 Å². The van der Waals surface area contributed by atoms with Crippen LogP contribution in [0, 0.1) is 5.92 Å². The number of carbonyl (C=O) groups excluding carboxylic acids is 1. The summed E-state index contributed by atoms with van der Waals surface area (Å²) >= 11 is 0. The van der Waals surface area contributed by atoms with Crippen LogP contribution in [0.25, 0.3) is 0 Å². The highest BCUT2D eigenvalue weighted by atomic mass is 16.6. The molecule has 72 valence electrons. The standard InChI is InChI=1S/C9H13NO3/c1-2-12-9(11)8-6-4-3-5-7(6)13-10-8/h6-7H,2-5H2,1H3/t6-,7+/m1/s1. The maximum absolute atomic E-state index is 11.4. The summed E-state index contributed by atoms with van der Waals surface area (Å²) in [7, 11) is 0. The lowest BCUT2D eigenvalue weighted by Gasteiger charge is -2.07. The molecule has 2 atom stereocenters. The predicted molar refractivity (Wildman–Crippen MR) is 46.3 cm³/mol. The molecule has 0 unspecified atom stereocenters. The Morgan fingerprint density at radius 1 is 1.69 bits per heavy atom. The first-order valence-corrected chi connectivity index (χ1v) is 4.73. The normalized spacial score (nSPS) is 30.7. The van der Waals surface area contributed by atoms with Gasteiger partial charge in [-0.3, -0.25) is 0 Å². The summed E-state index contributed by atoms with van der Waals surface area (Å²) in [6.07, 6.45) is 3.27. The Balaban J connectivity index is 2.03. The van der Waals surface area contributed by atoms with Crippen molar-refractivity contribution in [3.8, 4) is 0 Å². The van der Waals surface area contributed by atoms with E-state index >= 15 is 0 Å². The van der Waals surface area contributed by atoms with E-state index in [2.05, 4.69) is 5.16 Å². The van der Waals surface area contributed by atoms with Gasteiger partial charge in [0.15, 0.2) is 5.71 Å². The van der Waals surface area contributed by atoms with E-state index in [1.54, 1.807) is 6.92 Å². The average Bonchev–Trinajstić information content (AvgIpc) is 2.62. The molecule has 4 nitrogen and oxygen atoms in total. The minimum Gasteiger partial charge on any atom is -0.461 e. The molecule has 0 saturated heterocycles. The van der Waals surface area contributed by atoms with Crippen molar-refractivity contribution in [1.82, 2.24) is 0 Å². The van der Waals surface area contributed by atoms with Crippen molar-refractivity contribution in [1.29, 1.82) is 0 Å². The van der Waals surface area contributed by atoms with E-state index in [-0.39, 0.29) is 18.0 Å². The highest BCUT2D eigenvalue weighted by Crippen LogP contribution is 2.34. The number of hydrogen-bond acceptors (Lipinski definition) is 4. The fraction of sp³-hybridized carbons (Fsp3) is 0.778. The van der Waals surface area contributed by atoms with E-state index in [4.69, 9.17) is 9.57 Å². The third-order valence-corrected chi connectivity index (χ3v) is 2.57. The Kier molecular flexibility index (Phi) is 2.20. The molecule has 4 heteroatoms. The van der Waals surface area contributed by atoms with Crippen molar-refractivity contribution >= 4 is 11.7 Å². The van der Waals surface area contributed by atoms with E-state index in [1.807, 2.05) is 0 Å². The quantitative estimate of drug-likeness (QED) is 0.602. The first-order valence-electron chi connectivity index (χ1n) is 4.73. The molecule has 2 rings (SSSR count). The van der Waals surface area contributed by atoms with Crippen molar-refractivity contribution in [3.63, 3.8) is 0 Å². The molecule has 0 N–H and O–H groups in total. The lowest BCUT2D eigenvalue weighted by Crippen LogP contribution is -2.26. The number of esters is 1. The summed E-state index contributed by atoms with van der Waals surface area (Å²) in [5.41, 5.74) is 0.490. The Morgan fingerprint density at radius 2 is 2.54 bits per heavy atom. The van der Waals surface area contributed by atoms with Crippen LogP contribution in [0.15, 0.2) is 5.16 Å². The van der Waals surface area contributed by atoms with Gasteiger partial charge < -0.3 is 9.57 Å². The van der Waals surface area contributed by atoms with Crippen molar-refractivity contribution in [2.75, 3.05) is 6.61 Å². The van der Waals surface area contributed by atoms with Gasteiger partial charge in [0.05, 0.1) is 12.5 Å². The molecule has 1 saturated carbocycles. The summed E-state index contributed by atoms with van der Waals surface area (Å²) in [6, 6.07) is 0. The number of fused-ring (bicyclic) bond motifs is 1. The van der Waals surface area contributed by atoms with Gasteiger partial charge in [-0.25, -0.2) is 4.79 Å². The summed E-state index contributed by atoms with van der Waals surface area (Å²) in [6.45, 7) is 2.19. The van der Waals surface area contributed by atoms with Crippen LogP contribution in [0.3, 0.4) is 0 Å². The molecular formula is C9H13NO3. The molecule has 0 spiro atoms. The third kappa shape index (κ3) is 1.41. The summed E-state index contributed by atoms with van der Waals surface area (Å²) in [5.74, 6) is -0.115. The van der Waals surface area contributed by atoms with Gasteiger partial charge in [-0.05, 0) is 26.2 Å². The lowest BCUT2D eigenvalue weighted by molar-refractivity contribution is -0.135. The topological polar surface area (TPSA) is 47.9 Å². The molecule has 2 aliphatic rings. The van der Waals surface area contributed by atoms with Crippen molar-refractivity contribution in [3.05, 3.63) is 0 Å². The number of ether oxygens (including phenoxy) is 1. The van der Waals surface area contributed by atoms with Gasteiger partial charge in [0.25, 0.3) is 0 Å². The zero-order valence-corrected chi connectivity index (χ0v) is 7.66. The molecule has 0 amide bonds. The second kappa shape index (κ2) is 3.36. The Bertz CT molecular complexity index is 249. The van der Waals surface area contributed by atoms with E-state index in [9.17, 15) is 4.79 Å². The summed E-state index contributed by atoms with van der Waals surface area (Å²) in [5, 5.41) is 3.78. The second-order valence-corrected chi connectivity index (χ2v) is 3.38. The molecule has 1 aliphatic heterocycles. The zero-order valence-electron chi connectivity index (χ0n) is 7.66.